The SMILES string of the molecule is CCCc1ccc([C@H]2CC[C@H](CC(O)C#Cc3ccc(F)cc3)CC2)cc1. The fourth-order valence-corrected chi connectivity index (χ4v) is 4.05. The first-order valence-corrected chi connectivity index (χ1v) is 10.2. The van der Waals surface area contributed by atoms with Crippen molar-refractivity contribution in [2.75, 3.05) is 0 Å². The van der Waals surface area contributed by atoms with E-state index >= 15 is 0 Å². The molecule has 0 aromatic heterocycles. The number of hydrogen-bond acceptors (Lipinski definition) is 1. The van der Waals surface area contributed by atoms with Gasteiger partial charge in [-0.15, -0.1) is 0 Å². The molecule has 2 heteroatoms. The summed E-state index contributed by atoms with van der Waals surface area (Å²) in [4.78, 5) is 0. The molecule has 2 aromatic rings. The lowest BCUT2D eigenvalue weighted by Gasteiger charge is -2.29. The maximum atomic E-state index is 12.9. The van der Waals surface area contributed by atoms with Crippen molar-refractivity contribution in [3.05, 3.63) is 71.0 Å². The van der Waals surface area contributed by atoms with E-state index in [1.165, 1.54) is 42.5 Å². The highest BCUT2D eigenvalue weighted by Crippen LogP contribution is 2.37. The maximum Gasteiger partial charge on any atom is 0.123 e. The van der Waals surface area contributed by atoms with E-state index in [0.29, 0.717) is 11.8 Å². The van der Waals surface area contributed by atoms with E-state index in [9.17, 15) is 9.50 Å². The lowest BCUT2D eigenvalue weighted by atomic mass is 9.77. The van der Waals surface area contributed by atoms with Gasteiger partial charge in [0.15, 0.2) is 0 Å². The topological polar surface area (TPSA) is 20.2 Å². The molecule has 0 radical (unpaired) electrons. The van der Waals surface area contributed by atoms with Crippen molar-refractivity contribution in [3.8, 4) is 11.8 Å². The van der Waals surface area contributed by atoms with Gasteiger partial charge < -0.3 is 5.11 Å². The predicted molar refractivity (Wildman–Crippen MR) is 109 cm³/mol. The Morgan fingerprint density at radius 1 is 1.00 bits per heavy atom. The Kier molecular flexibility index (Phi) is 7.07. The number of halogens is 1. The number of hydrogen-bond donors (Lipinski definition) is 1. The Bertz CT molecular complexity index is 759. The van der Waals surface area contributed by atoms with Crippen molar-refractivity contribution in [3.63, 3.8) is 0 Å². The molecule has 0 amide bonds. The van der Waals surface area contributed by atoms with Crippen LogP contribution in [0.15, 0.2) is 48.5 Å². The molecule has 1 unspecified atom stereocenters. The highest BCUT2D eigenvalue weighted by atomic mass is 19.1. The zero-order chi connectivity index (χ0) is 19.1. The van der Waals surface area contributed by atoms with Gasteiger partial charge in [-0.25, -0.2) is 4.39 Å². The Balaban J connectivity index is 1.47. The van der Waals surface area contributed by atoms with Crippen molar-refractivity contribution >= 4 is 0 Å². The minimum atomic E-state index is -0.607. The van der Waals surface area contributed by atoms with Crippen LogP contribution in [0.4, 0.5) is 4.39 Å². The third-order valence-electron chi connectivity index (χ3n) is 5.62. The maximum absolute atomic E-state index is 12.9. The van der Waals surface area contributed by atoms with Gasteiger partial charge in [-0.1, -0.05) is 49.5 Å². The first-order valence-electron chi connectivity index (χ1n) is 10.2. The average Bonchev–Trinajstić information content (AvgIpc) is 2.69. The summed E-state index contributed by atoms with van der Waals surface area (Å²) in [5.41, 5.74) is 3.63. The average molecular weight is 365 g/mol. The summed E-state index contributed by atoms with van der Waals surface area (Å²) >= 11 is 0. The Morgan fingerprint density at radius 3 is 2.30 bits per heavy atom. The van der Waals surface area contributed by atoms with Crippen LogP contribution >= 0.6 is 0 Å². The van der Waals surface area contributed by atoms with Gasteiger partial charge in [0.25, 0.3) is 0 Å². The molecule has 0 bridgehead atoms. The van der Waals surface area contributed by atoms with Gasteiger partial charge in [0.1, 0.15) is 11.9 Å². The molecule has 142 valence electrons. The molecule has 1 aliphatic carbocycles. The summed E-state index contributed by atoms with van der Waals surface area (Å²) in [7, 11) is 0. The van der Waals surface area contributed by atoms with Crippen LogP contribution in [-0.4, -0.2) is 11.2 Å². The molecule has 27 heavy (non-hydrogen) atoms. The summed E-state index contributed by atoms with van der Waals surface area (Å²) in [6, 6.07) is 15.2. The third kappa shape index (κ3) is 5.94. The molecule has 0 heterocycles. The number of rotatable bonds is 5. The van der Waals surface area contributed by atoms with Gasteiger partial charge in [-0.3, -0.25) is 0 Å². The van der Waals surface area contributed by atoms with Gasteiger partial charge in [0.2, 0.25) is 0 Å². The van der Waals surface area contributed by atoms with Crippen LogP contribution in [0.5, 0.6) is 0 Å². The van der Waals surface area contributed by atoms with Gasteiger partial charge in [0, 0.05) is 5.56 Å². The first kappa shape index (κ1) is 19.6. The smallest absolute Gasteiger partial charge is 0.123 e. The van der Waals surface area contributed by atoms with E-state index in [2.05, 4.69) is 43.0 Å². The molecular formula is C25H29FO. The van der Waals surface area contributed by atoms with E-state index in [-0.39, 0.29) is 5.82 Å². The monoisotopic (exact) mass is 364 g/mol. The van der Waals surface area contributed by atoms with Crippen LogP contribution in [0.2, 0.25) is 0 Å². The summed E-state index contributed by atoms with van der Waals surface area (Å²) in [5.74, 6) is 6.78. The van der Waals surface area contributed by atoms with E-state index < -0.39 is 6.10 Å². The molecule has 1 N–H and O–H groups in total. The van der Waals surface area contributed by atoms with Crippen molar-refractivity contribution in [1.82, 2.24) is 0 Å². The lowest BCUT2D eigenvalue weighted by Crippen LogP contribution is -2.18. The lowest BCUT2D eigenvalue weighted by molar-refractivity contribution is 0.173. The van der Waals surface area contributed by atoms with Gasteiger partial charge in [-0.2, -0.15) is 0 Å². The van der Waals surface area contributed by atoms with E-state index in [1.54, 1.807) is 12.1 Å². The molecule has 0 saturated heterocycles. The highest BCUT2D eigenvalue weighted by Gasteiger charge is 2.23. The van der Waals surface area contributed by atoms with Gasteiger partial charge in [-0.05, 0) is 85.8 Å². The number of benzene rings is 2. The first-order chi connectivity index (χ1) is 13.1. The van der Waals surface area contributed by atoms with E-state index in [0.717, 1.165) is 31.2 Å². The zero-order valence-electron chi connectivity index (χ0n) is 16.1. The fraction of sp³-hybridized carbons (Fsp3) is 0.440. The van der Waals surface area contributed by atoms with Gasteiger partial charge in [0.05, 0.1) is 0 Å². The standard InChI is InChI=1S/C25H29FO/c1-2-3-19-4-11-22(12-5-19)23-13-6-21(7-14-23)18-25(27)17-10-20-8-15-24(26)16-9-20/h4-5,8-9,11-12,15-16,21,23,25,27H,2-3,6-7,13-14,18H2,1H3/t21-,23-,25?. The van der Waals surface area contributed by atoms with E-state index in [4.69, 9.17) is 0 Å². The van der Waals surface area contributed by atoms with Crippen LogP contribution in [0.1, 0.15) is 68.1 Å². The third-order valence-corrected chi connectivity index (χ3v) is 5.62. The fourth-order valence-electron chi connectivity index (χ4n) is 4.05. The molecule has 0 spiro atoms. The second-order valence-electron chi connectivity index (χ2n) is 7.74. The van der Waals surface area contributed by atoms with Crippen molar-refractivity contribution < 1.29 is 9.50 Å². The number of aliphatic hydroxyl groups is 1. The van der Waals surface area contributed by atoms with Crippen LogP contribution in [0, 0.1) is 23.6 Å². The molecular weight excluding hydrogens is 335 g/mol. The molecule has 1 nitrogen and oxygen atoms in total. The largest absolute Gasteiger partial charge is 0.380 e. The van der Waals surface area contributed by atoms with Crippen LogP contribution < -0.4 is 0 Å². The summed E-state index contributed by atoms with van der Waals surface area (Å²) in [6.07, 6.45) is 7.15. The Hall–Kier alpha value is -2.11. The molecule has 1 aliphatic rings. The highest BCUT2D eigenvalue weighted by molar-refractivity contribution is 5.34. The molecule has 1 atom stereocenters. The number of aliphatic hydroxyl groups excluding tert-OH is 1. The van der Waals surface area contributed by atoms with Crippen LogP contribution in [0.3, 0.4) is 0 Å². The quantitative estimate of drug-likeness (QED) is 0.659. The zero-order valence-corrected chi connectivity index (χ0v) is 16.1. The normalized spacial score (nSPS) is 20.6. The molecule has 1 fully saturated rings. The van der Waals surface area contributed by atoms with Crippen LogP contribution in [-0.2, 0) is 6.42 Å². The second kappa shape index (κ2) is 9.72. The van der Waals surface area contributed by atoms with Crippen molar-refractivity contribution in [1.29, 1.82) is 0 Å². The summed E-state index contributed by atoms with van der Waals surface area (Å²) < 4.78 is 12.9. The van der Waals surface area contributed by atoms with Crippen LogP contribution in [0.25, 0.3) is 0 Å². The summed E-state index contributed by atoms with van der Waals surface area (Å²) in [5, 5.41) is 10.2. The second-order valence-corrected chi connectivity index (χ2v) is 7.74. The van der Waals surface area contributed by atoms with Crippen molar-refractivity contribution in [2.45, 2.75) is 63.9 Å². The Labute approximate surface area is 162 Å². The molecule has 3 rings (SSSR count). The molecule has 0 aliphatic heterocycles. The predicted octanol–water partition coefficient (Wildman–Crippen LogP) is 5.85. The number of aryl methyl sites for hydroxylation is 1. The minimum Gasteiger partial charge on any atom is -0.380 e. The molecule has 2 aromatic carbocycles. The minimum absolute atomic E-state index is 0.266. The van der Waals surface area contributed by atoms with Crippen molar-refractivity contribution in [2.24, 2.45) is 5.92 Å². The summed E-state index contributed by atoms with van der Waals surface area (Å²) in [6.45, 7) is 2.22. The van der Waals surface area contributed by atoms with Gasteiger partial charge >= 0.3 is 0 Å². The molecule has 1 saturated carbocycles. The van der Waals surface area contributed by atoms with E-state index in [1.807, 2.05) is 0 Å². The Morgan fingerprint density at radius 2 is 1.67 bits per heavy atom.